The first-order valence-corrected chi connectivity index (χ1v) is 9.70. The molecule has 1 aromatic rings. The van der Waals surface area contributed by atoms with Crippen molar-refractivity contribution >= 4 is 32.2 Å². The van der Waals surface area contributed by atoms with Gasteiger partial charge in [-0.15, -0.1) is 0 Å². The Balaban J connectivity index is 1.77. The Kier molecular flexibility index (Phi) is 3.87. The minimum absolute atomic E-state index is 0.0741. The Bertz CT molecular complexity index is 617. The van der Waals surface area contributed by atoms with E-state index in [1.807, 2.05) is 0 Å². The van der Waals surface area contributed by atoms with Gasteiger partial charge in [0, 0.05) is 6.54 Å². The number of aliphatic hydroxyl groups is 1. The van der Waals surface area contributed by atoms with Gasteiger partial charge in [0.1, 0.15) is 9.90 Å². The molecule has 0 spiro atoms. The molecule has 1 heterocycles. The fraction of sp³-hybridized carbons (Fsp3) is 0.769. The summed E-state index contributed by atoms with van der Waals surface area (Å²) in [6.07, 6.45) is 6.06. The summed E-state index contributed by atoms with van der Waals surface area (Å²) in [6, 6.07) is 0. The number of hydrogen-bond donors (Lipinski definition) is 3. The van der Waals surface area contributed by atoms with Crippen LogP contribution in [0.3, 0.4) is 0 Å². The largest absolute Gasteiger partial charge is 0.388 e. The summed E-state index contributed by atoms with van der Waals surface area (Å²) in [5.41, 5.74) is 5.00. The van der Waals surface area contributed by atoms with Crippen molar-refractivity contribution in [2.75, 3.05) is 17.6 Å². The number of hydrogen-bond acceptors (Lipinski definition) is 7. The van der Waals surface area contributed by atoms with Crippen molar-refractivity contribution in [3.8, 4) is 0 Å². The van der Waals surface area contributed by atoms with E-state index in [1.165, 1.54) is 0 Å². The molecule has 2 aliphatic carbocycles. The van der Waals surface area contributed by atoms with E-state index in [2.05, 4.69) is 9.69 Å². The lowest BCUT2D eigenvalue weighted by Gasteiger charge is -2.32. The molecule has 2 saturated carbocycles. The van der Waals surface area contributed by atoms with Crippen LogP contribution in [0.2, 0.25) is 0 Å². The van der Waals surface area contributed by atoms with Crippen LogP contribution < -0.4 is 11.1 Å². The molecular weight excluding hydrogens is 310 g/mol. The highest BCUT2D eigenvalue weighted by Gasteiger charge is 2.41. The molecule has 0 unspecified atom stereocenters. The van der Waals surface area contributed by atoms with Crippen LogP contribution in [0.15, 0.2) is 4.90 Å². The maximum Gasteiger partial charge on any atom is 0.187 e. The molecule has 0 atom stereocenters. The molecule has 0 amide bonds. The van der Waals surface area contributed by atoms with Crippen molar-refractivity contribution in [2.24, 2.45) is 0 Å². The van der Waals surface area contributed by atoms with Crippen molar-refractivity contribution in [3.63, 3.8) is 0 Å². The second-order valence-corrected chi connectivity index (χ2v) is 9.05. The maximum absolute atomic E-state index is 12.4. The van der Waals surface area contributed by atoms with Gasteiger partial charge in [0.05, 0.1) is 10.9 Å². The third-order valence-electron chi connectivity index (χ3n) is 4.28. The third-order valence-corrected chi connectivity index (χ3v) is 7.56. The number of sulfone groups is 1. The van der Waals surface area contributed by atoms with Crippen LogP contribution in [0.4, 0.5) is 10.8 Å². The Morgan fingerprint density at radius 1 is 1.33 bits per heavy atom. The average Bonchev–Trinajstić information content (AvgIpc) is 3.22. The van der Waals surface area contributed by atoms with Crippen LogP contribution in [-0.2, 0) is 9.84 Å². The highest BCUT2D eigenvalue weighted by Crippen LogP contribution is 2.41. The van der Waals surface area contributed by atoms with E-state index in [9.17, 15) is 13.5 Å². The van der Waals surface area contributed by atoms with Crippen LogP contribution in [0, 0.1) is 0 Å². The summed E-state index contributed by atoms with van der Waals surface area (Å²) in [6.45, 7) is 0.349. The summed E-state index contributed by atoms with van der Waals surface area (Å²) >= 11 is 1.06. The average molecular weight is 331 g/mol. The number of nitrogens with one attached hydrogen (secondary N) is 1. The Hall–Kier alpha value is -0.860. The fourth-order valence-corrected chi connectivity index (χ4v) is 5.74. The van der Waals surface area contributed by atoms with Crippen molar-refractivity contribution in [3.05, 3.63) is 0 Å². The molecule has 0 bridgehead atoms. The Morgan fingerprint density at radius 2 is 2.00 bits per heavy atom. The first-order valence-electron chi connectivity index (χ1n) is 7.38. The molecule has 0 radical (unpaired) electrons. The quantitative estimate of drug-likeness (QED) is 0.759. The van der Waals surface area contributed by atoms with Crippen LogP contribution in [0.1, 0.15) is 44.9 Å². The van der Waals surface area contributed by atoms with Crippen LogP contribution >= 0.6 is 11.5 Å². The molecule has 21 heavy (non-hydrogen) atoms. The van der Waals surface area contributed by atoms with Gasteiger partial charge in [-0.3, -0.25) is 0 Å². The van der Waals surface area contributed by atoms with Crippen LogP contribution in [0.25, 0.3) is 0 Å². The van der Waals surface area contributed by atoms with Gasteiger partial charge in [0.2, 0.25) is 0 Å². The van der Waals surface area contributed by atoms with Crippen LogP contribution in [-0.4, -0.2) is 35.3 Å². The van der Waals surface area contributed by atoms with Crippen LogP contribution in [0.5, 0.6) is 0 Å². The molecule has 8 heteroatoms. The smallest absolute Gasteiger partial charge is 0.187 e. The van der Waals surface area contributed by atoms with E-state index in [1.54, 1.807) is 0 Å². The summed E-state index contributed by atoms with van der Waals surface area (Å²) in [7, 11) is -3.38. The zero-order valence-electron chi connectivity index (χ0n) is 11.8. The SMILES string of the molecule is Nc1nsc(NCC2(O)CCCCC2)c1S(=O)(=O)C1CC1. The van der Waals surface area contributed by atoms with Gasteiger partial charge in [-0.25, -0.2) is 8.42 Å². The normalized spacial score (nSPS) is 22.1. The predicted octanol–water partition coefficient (Wildman–Crippen LogP) is 1.77. The van der Waals surface area contributed by atoms with Gasteiger partial charge in [-0.05, 0) is 37.2 Å². The molecule has 0 aliphatic heterocycles. The number of anilines is 2. The number of rotatable bonds is 5. The molecule has 0 aromatic carbocycles. The molecular formula is C13H21N3O3S2. The molecule has 118 valence electrons. The van der Waals surface area contributed by atoms with E-state index in [4.69, 9.17) is 5.73 Å². The highest BCUT2D eigenvalue weighted by molar-refractivity contribution is 7.92. The fourth-order valence-electron chi connectivity index (χ4n) is 2.86. The van der Waals surface area contributed by atoms with Gasteiger partial charge < -0.3 is 16.2 Å². The lowest BCUT2D eigenvalue weighted by atomic mass is 9.85. The Morgan fingerprint density at radius 3 is 2.62 bits per heavy atom. The zero-order valence-corrected chi connectivity index (χ0v) is 13.5. The molecule has 1 aromatic heterocycles. The Labute approximate surface area is 128 Å². The predicted molar refractivity (Wildman–Crippen MR) is 83.3 cm³/mol. The highest BCUT2D eigenvalue weighted by atomic mass is 32.2. The van der Waals surface area contributed by atoms with Crippen molar-refractivity contribution < 1.29 is 13.5 Å². The topological polar surface area (TPSA) is 105 Å². The number of aromatic nitrogens is 1. The minimum Gasteiger partial charge on any atom is -0.388 e. The van der Waals surface area contributed by atoms with Crippen molar-refractivity contribution in [2.45, 2.75) is 60.7 Å². The van der Waals surface area contributed by atoms with Crippen molar-refractivity contribution in [1.82, 2.24) is 4.37 Å². The van der Waals surface area contributed by atoms with Crippen molar-refractivity contribution in [1.29, 1.82) is 0 Å². The summed E-state index contributed by atoms with van der Waals surface area (Å²) in [4.78, 5) is 0.134. The molecule has 2 fully saturated rings. The maximum atomic E-state index is 12.4. The summed E-state index contributed by atoms with van der Waals surface area (Å²) < 4.78 is 28.8. The second kappa shape index (κ2) is 5.40. The summed E-state index contributed by atoms with van der Waals surface area (Å²) in [5.74, 6) is 0.0741. The van der Waals surface area contributed by atoms with Gasteiger partial charge in [-0.1, -0.05) is 19.3 Å². The standard InChI is InChI=1S/C13H21N3O3S2/c14-11-10(21(18,19)9-4-5-9)12(20-16-11)15-8-13(17)6-2-1-3-7-13/h9,15,17H,1-8H2,(H2,14,16). The van der Waals surface area contributed by atoms with Gasteiger partial charge in [0.25, 0.3) is 0 Å². The van der Waals surface area contributed by atoms with Gasteiger partial charge in [-0.2, -0.15) is 4.37 Å². The number of nitrogens with two attached hydrogens (primary N) is 1. The van der Waals surface area contributed by atoms with E-state index < -0.39 is 15.4 Å². The first kappa shape index (κ1) is 15.1. The van der Waals surface area contributed by atoms with Gasteiger partial charge in [0.15, 0.2) is 15.7 Å². The van der Waals surface area contributed by atoms with E-state index in [-0.39, 0.29) is 16.0 Å². The van der Waals surface area contributed by atoms with Gasteiger partial charge >= 0.3 is 0 Å². The van der Waals surface area contributed by atoms with E-state index in [0.29, 0.717) is 24.4 Å². The molecule has 4 N–H and O–H groups in total. The van der Waals surface area contributed by atoms with E-state index >= 15 is 0 Å². The second-order valence-electron chi connectivity index (χ2n) is 6.11. The number of nitrogens with zero attached hydrogens (tertiary/aromatic N) is 1. The van der Waals surface area contributed by atoms with E-state index in [0.717, 1.165) is 43.6 Å². The molecule has 3 rings (SSSR count). The molecule has 2 aliphatic rings. The molecule has 0 saturated heterocycles. The molecule has 6 nitrogen and oxygen atoms in total. The number of nitrogen functional groups attached to an aromatic ring is 1. The third kappa shape index (κ3) is 3.02. The monoisotopic (exact) mass is 331 g/mol. The summed E-state index contributed by atoms with van der Waals surface area (Å²) in [5, 5.41) is 13.7. The lowest BCUT2D eigenvalue weighted by molar-refractivity contribution is 0.0167. The minimum atomic E-state index is -3.38. The lowest BCUT2D eigenvalue weighted by Crippen LogP contribution is -2.38. The zero-order chi connectivity index (χ0) is 15.1. The first-order chi connectivity index (χ1) is 9.92.